The highest BCUT2D eigenvalue weighted by Gasteiger charge is 2.05. The Labute approximate surface area is 129 Å². The summed E-state index contributed by atoms with van der Waals surface area (Å²) in [5.74, 6) is 0.385. The zero-order valence-electron chi connectivity index (χ0n) is 12.6. The maximum Gasteiger partial charge on any atom is 0.191 e. The maximum atomic E-state index is 14.1. The van der Waals surface area contributed by atoms with Gasteiger partial charge in [-0.1, -0.05) is 12.1 Å². The molecule has 1 heterocycles. The first-order chi connectivity index (χ1) is 10.7. The van der Waals surface area contributed by atoms with Gasteiger partial charge >= 0.3 is 0 Å². The number of aromatic nitrogens is 2. The zero-order valence-corrected chi connectivity index (χ0v) is 12.6. The van der Waals surface area contributed by atoms with Crippen LogP contribution < -0.4 is 10.6 Å². The second-order valence-corrected chi connectivity index (χ2v) is 4.62. The molecule has 0 atom stereocenters. The summed E-state index contributed by atoms with van der Waals surface area (Å²) in [5.41, 5.74) is 1.28. The highest BCUT2D eigenvalue weighted by Crippen LogP contribution is 2.15. The van der Waals surface area contributed by atoms with Crippen molar-refractivity contribution in [1.29, 1.82) is 0 Å². The van der Waals surface area contributed by atoms with Crippen molar-refractivity contribution in [2.45, 2.75) is 13.5 Å². The molecule has 0 saturated heterocycles. The second-order valence-electron chi connectivity index (χ2n) is 4.62. The van der Waals surface area contributed by atoms with Crippen molar-refractivity contribution >= 4 is 5.96 Å². The Morgan fingerprint density at radius 1 is 1.45 bits per heavy atom. The van der Waals surface area contributed by atoms with E-state index in [1.807, 2.05) is 13.0 Å². The molecule has 1 aromatic heterocycles. The average Bonchev–Trinajstić information content (AvgIpc) is 3.04. The van der Waals surface area contributed by atoms with Crippen LogP contribution in [-0.2, 0) is 6.54 Å². The molecule has 0 unspecified atom stereocenters. The molecule has 116 valence electrons. The average molecular weight is 301 g/mol. The minimum Gasteiger partial charge on any atom is -0.357 e. The number of halogens is 1. The molecule has 22 heavy (non-hydrogen) atoms. The van der Waals surface area contributed by atoms with Gasteiger partial charge in [0.2, 0.25) is 0 Å². The van der Waals surface area contributed by atoms with Crippen molar-refractivity contribution < 1.29 is 4.39 Å². The number of guanidine groups is 1. The van der Waals surface area contributed by atoms with Crippen molar-refractivity contribution in [3.05, 3.63) is 61.0 Å². The quantitative estimate of drug-likeness (QED) is 0.489. The summed E-state index contributed by atoms with van der Waals surface area (Å²) >= 11 is 0. The number of hydrogen-bond acceptors (Lipinski definition) is 2. The topological polar surface area (TPSA) is 54.2 Å². The first kappa shape index (κ1) is 15.8. The van der Waals surface area contributed by atoms with Crippen LogP contribution in [0.5, 0.6) is 0 Å². The second kappa shape index (κ2) is 7.97. The van der Waals surface area contributed by atoms with Crippen LogP contribution >= 0.6 is 0 Å². The minimum atomic E-state index is -0.297. The van der Waals surface area contributed by atoms with Gasteiger partial charge < -0.3 is 15.2 Å². The maximum absolute atomic E-state index is 14.1. The van der Waals surface area contributed by atoms with E-state index in [-0.39, 0.29) is 5.82 Å². The van der Waals surface area contributed by atoms with Crippen LogP contribution in [0.25, 0.3) is 5.69 Å². The van der Waals surface area contributed by atoms with Gasteiger partial charge in [0, 0.05) is 25.5 Å². The van der Waals surface area contributed by atoms with E-state index in [2.05, 4.69) is 27.2 Å². The van der Waals surface area contributed by atoms with Gasteiger partial charge in [-0.05, 0) is 24.6 Å². The van der Waals surface area contributed by atoms with Gasteiger partial charge in [-0.25, -0.2) is 14.4 Å². The van der Waals surface area contributed by atoms with Gasteiger partial charge in [0.25, 0.3) is 0 Å². The summed E-state index contributed by atoms with van der Waals surface area (Å²) in [7, 11) is 0. The van der Waals surface area contributed by atoms with E-state index >= 15 is 0 Å². The predicted molar refractivity (Wildman–Crippen MR) is 86.5 cm³/mol. The largest absolute Gasteiger partial charge is 0.357 e. The highest BCUT2D eigenvalue weighted by atomic mass is 19.1. The first-order valence-electron chi connectivity index (χ1n) is 7.14. The van der Waals surface area contributed by atoms with Crippen LogP contribution in [0.4, 0.5) is 4.39 Å². The number of hydrogen-bond donors (Lipinski definition) is 2. The van der Waals surface area contributed by atoms with E-state index < -0.39 is 0 Å². The molecule has 6 heteroatoms. The summed E-state index contributed by atoms with van der Waals surface area (Å²) in [6.07, 6.45) is 6.65. The van der Waals surface area contributed by atoms with E-state index in [9.17, 15) is 4.39 Å². The zero-order chi connectivity index (χ0) is 15.8. The predicted octanol–water partition coefficient (Wildman–Crippen LogP) is 2.25. The van der Waals surface area contributed by atoms with Gasteiger partial charge in [-0.3, -0.25) is 0 Å². The fourth-order valence-corrected chi connectivity index (χ4v) is 1.94. The Morgan fingerprint density at radius 3 is 2.95 bits per heavy atom. The molecule has 0 radical (unpaired) electrons. The van der Waals surface area contributed by atoms with Crippen molar-refractivity contribution in [3.8, 4) is 5.69 Å². The van der Waals surface area contributed by atoms with Crippen LogP contribution in [0.2, 0.25) is 0 Å². The fraction of sp³-hybridized carbons (Fsp3) is 0.250. The number of nitrogens with one attached hydrogen (secondary N) is 2. The molecule has 0 amide bonds. The highest BCUT2D eigenvalue weighted by molar-refractivity contribution is 5.79. The minimum absolute atomic E-state index is 0.297. The molecule has 2 aromatic rings. The van der Waals surface area contributed by atoms with Gasteiger partial charge in [0.1, 0.15) is 5.82 Å². The Balaban J connectivity index is 2.09. The van der Waals surface area contributed by atoms with Crippen LogP contribution in [-0.4, -0.2) is 28.6 Å². The third-order valence-corrected chi connectivity index (χ3v) is 2.97. The van der Waals surface area contributed by atoms with Crippen LogP contribution in [0, 0.1) is 5.82 Å². The normalized spacial score (nSPS) is 11.3. The summed E-state index contributed by atoms with van der Waals surface area (Å²) in [4.78, 5) is 8.34. The van der Waals surface area contributed by atoms with Crippen LogP contribution in [0.1, 0.15) is 12.5 Å². The summed E-state index contributed by atoms with van der Waals surface area (Å²) in [5, 5.41) is 6.22. The molecule has 0 fully saturated rings. The number of benzene rings is 1. The molecule has 2 rings (SSSR count). The summed E-state index contributed by atoms with van der Waals surface area (Å²) in [6.45, 7) is 7.43. The lowest BCUT2D eigenvalue weighted by Crippen LogP contribution is -2.37. The smallest absolute Gasteiger partial charge is 0.191 e. The molecule has 1 aromatic carbocycles. The Kier molecular flexibility index (Phi) is 5.71. The number of rotatable bonds is 6. The molecule has 0 bridgehead atoms. The number of aliphatic imine (C=N–C) groups is 1. The molecular weight excluding hydrogens is 281 g/mol. The van der Waals surface area contributed by atoms with E-state index in [1.165, 1.54) is 6.07 Å². The third kappa shape index (κ3) is 4.18. The molecule has 2 N–H and O–H groups in total. The van der Waals surface area contributed by atoms with Crippen molar-refractivity contribution in [2.24, 2.45) is 4.99 Å². The molecule has 0 aliphatic carbocycles. The molecular formula is C16H20FN5. The van der Waals surface area contributed by atoms with Gasteiger partial charge in [-0.15, -0.1) is 6.58 Å². The van der Waals surface area contributed by atoms with Crippen molar-refractivity contribution in [3.63, 3.8) is 0 Å². The summed E-state index contributed by atoms with van der Waals surface area (Å²) in [6, 6.07) is 5.08. The van der Waals surface area contributed by atoms with E-state index in [0.29, 0.717) is 24.7 Å². The van der Waals surface area contributed by atoms with Crippen molar-refractivity contribution in [1.82, 2.24) is 20.2 Å². The first-order valence-corrected chi connectivity index (χ1v) is 7.14. The third-order valence-electron chi connectivity index (χ3n) is 2.97. The SMILES string of the molecule is C=CCNC(=NCc1ccc(-n2ccnc2)c(F)c1)NCC. The van der Waals surface area contributed by atoms with Crippen LogP contribution in [0.3, 0.4) is 0 Å². The van der Waals surface area contributed by atoms with E-state index in [0.717, 1.165) is 12.1 Å². The Bertz CT molecular complexity index is 634. The molecule has 0 aliphatic rings. The lowest BCUT2D eigenvalue weighted by molar-refractivity contribution is 0.615. The molecule has 5 nitrogen and oxygen atoms in total. The fourth-order valence-electron chi connectivity index (χ4n) is 1.94. The van der Waals surface area contributed by atoms with E-state index in [4.69, 9.17) is 0 Å². The van der Waals surface area contributed by atoms with Gasteiger partial charge in [0.05, 0.1) is 18.6 Å². The Hall–Kier alpha value is -2.63. The molecule has 0 aliphatic heterocycles. The Morgan fingerprint density at radius 2 is 2.32 bits per heavy atom. The lowest BCUT2D eigenvalue weighted by Gasteiger charge is -2.10. The monoisotopic (exact) mass is 301 g/mol. The standard InChI is InChI=1S/C16H20FN5/c1-3-7-20-16(19-4-2)21-11-13-5-6-15(14(17)10-13)22-9-8-18-12-22/h3,5-6,8-10,12H,1,4,7,11H2,2H3,(H2,19,20,21). The number of nitrogens with zero attached hydrogens (tertiary/aromatic N) is 3. The van der Waals surface area contributed by atoms with Gasteiger partial charge in [-0.2, -0.15) is 0 Å². The molecule has 0 saturated carbocycles. The lowest BCUT2D eigenvalue weighted by atomic mass is 10.2. The van der Waals surface area contributed by atoms with Crippen molar-refractivity contribution in [2.75, 3.05) is 13.1 Å². The number of imidazole rings is 1. The van der Waals surface area contributed by atoms with Gasteiger partial charge in [0.15, 0.2) is 5.96 Å². The summed E-state index contributed by atoms with van der Waals surface area (Å²) < 4.78 is 15.8. The molecule has 0 spiro atoms. The van der Waals surface area contributed by atoms with E-state index in [1.54, 1.807) is 35.4 Å². The van der Waals surface area contributed by atoms with Crippen LogP contribution in [0.15, 0.2) is 54.6 Å².